The summed E-state index contributed by atoms with van der Waals surface area (Å²) >= 11 is 0. The first-order valence-electron chi connectivity index (χ1n) is 10.5. The fourth-order valence-corrected chi connectivity index (χ4v) is 3.96. The van der Waals surface area contributed by atoms with Crippen molar-refractivity contribution < 1.29 is 31.3 Å². The summed E-state index contributed by atoms with van der Waals surface area (Å²) in [4.78, 5) is 14.7. The number of hydrogen-bond acceptors (Lipinski definition) is 6. The minimum atomic E-state index is -3.83. The van der Waals surface area contributed by atoms with Crippen LogP contribution in [0.2, 0.25) is 0 Å². The molecular weight excluding hydrogens is 437 g/mol. The first-order valence-corrected chi connectivity index (χ1v) is 11.9. The molecule has 0 radical (unpaired) electrons. The molecule has 0 unspecified atom stereocenters. The van der Waals surface area contributed by atoms with Crippen molar-refractivity contribution in [1.29, 1.82) is 0 Å². The molecule has 3 rings (SSSR count). The molecule has 0 spiro atoms. The van der Waals surface area contributed by atoms with Gasteiger partial charge in [0.05, 0.1) is 18.5 Å². The monoisotopic (exact) mass is 465 g/mol. The number of nitrogens with zero attached hydrogens (tertiary/aromatic N) is 1. The van der Waals surface area contributed by atoms with E-state index in [0.29, 0.717) is 18.7 Å². The highest BCUT2D eigenvalue weighted by molar-refractivity contribution is 7.87. The molecule has 0 N–H and O–H groups in total. The highest BCUT2D eigenvalue weighted by Gasteiger charge is 2.25. The van der Waals surface area contributed by atoms with E-state index in [1.54, 1.807) is 29.2 Å². The Morgan fingerprint density at radius 1 is 1.22 bits per heavy atom. The van der Waals surface area contributed by atoms with Crippen LogP contribution in [0.1, 0.15) is 42.6 Å². The topological polar surface area (TPSA) is 82.1 Å². The molecule has 1 saturated heterocycles. The van der Waals surface area contributed by atoms with E-state index in [4.69, 9.17) is 13.7 Å². The van der Waals surface area contributed by atoms with Gasteiger partial charge in [-0.1, -0.05) is 12.1 Å². The highest BCUT2D eigenvalue weighted by atomic mass is 32.2. The Morgan fingerprint density at radius 3 is 2.62 bits per heavy atom. The summed E-state index contributed by atoms with van der Waals surface area (Å²) in [5.74, 6) is -0.519. The number of methoxy groups -OCH3 is 1. The van der Waals surface area contributed by atoms with E-state index in [2.05, 4.69) is 0 Å². The largest absolute Gasteiger partial charge is 0.493 e. The standard InChI is InChI=1S/C23H28FNO6S/c1-16(2)32(27,28)31-22-12-17(9-10-21(22)29-3)14-25(15-20-8-5-11-30-20)23(26)18-6-4-7-19(24)13-18/h4,6-7,9-10,12-13,16,20H,5,8,11,14-15H2,1-3H3/t20-/m0/s1. The van der Waals surface area contributed by atoms with Crippen LogP contribution >= 0.6 is 0 Å². The summed E-state index contributed by atoms with van der Waals surface area (Å²) in [5, 5.41) is -0.735. The Bertz CT molecular complexity index is 1050. The van der Waals surface area contributed by atoms with Crippen LogP contribution in [-0.2, 0) is 21.4 Å². The molecule has 0 saturated carbocycles. The summed E-state index contributed by atoms with van der Waals surface area (Å²) in [6.07, 6.45) is 1.64. The predicted molar refractivity (Wildman–Crippen MR) is 118 cm³/mol. The third-order valence-corrected chi connectivity index (χ3v) is 6.76. The smallest absolute Gasteiger partial charge is 0.311 e. The van der Waals surface area contributed by atoms with Gasteiger partial charge in [-0.25, -0.2) is 4.39 Å². The number of benzene rings is 2. The van der Waals surface area contributed by atoms with Crippen molar-refractivity contribution in [2.75, 3.05) is 20.3 Å². The second kappa shape index (κ2) is 10.3. The van der Waals surface area contributed by atoms with E-state index in [0.717, 1.165) is 12.8 Å². The van der Waals surface area contributed by atoms with E-state index in [9.17, 15) is 17.6 Å². The third-order valence-electron chi connectivity index (χ3n) is 5.19. The zero-order valence-electron chi connectivity index (χ0n) is 18.4. The molecule has 1 fully saturated rings. The Morgan fingerprint density at radius 2 is 2.00 bits per heavy atom. The normalized spacial score (nSPS) is 16.2. The molecule has 1 atom stereocenters. The fourth-order valence-electron chi connectivity index (χ4n) is 3.38. The van der Waals surface area contributed by atoms with E-state index in [-0.39, 0.29) is 35.6 Å². The third kappa shape index (κ3) is 5.98. The molecule has 2 aromatic carbocycles. The Kier molecular flexibility index (Phi) is 7.73. The molecule has 1 aliphatic rings. The quantitative estimate of drug-likeness (QED) is 0.525. The average Bonchev–Trinajstić information content (AvgIpc) is 3.26. The minimum Gasteiger partial charge on any atom is -0.493 e. The molecule has 32 heavy (non-hydrogen) atoms. The Labute approximate surface area is 188 Å². The van der Waals surface area contributed by atoms with Gasteiger partial charge < -0.3 is 18.6 Å². The lowest BCUT2D eigenvalue weighted by atomic mass is 10.1. The number of carbonyl (C=O) groups excluding carboxylic acids is 1. The van der Waals surface area contributed by atoms with Gasteiger partial charge in [0.15, 0.2) is 11.5 Å². The molecule has 0 aliphatic carbocycles. The van der Waals surface area contributed by atoms with Crippen LogP contribution in [0.4, 0.5) is 4.39 Å². The molecule has 0 bridgehead atoms. The molecule has 1 amide bonds. The maximum atomic E-state index is 13.7. The van der Waals surface area contributed by atoms with Gasteiger partial charge in [-0.3, -0.25) is 4.79 Å². The lowest BCUT2D eigenvalue weighted by Gasteiger charge is -2.26. The SMILES string of the molecule is COc1ccc(CN(C[C@@H]2CCCO2)C(=O)c2cccc(F)c2)cc1OS(=O)(=O)C(C)C. The van der Waals surface area contributed by atoms with Gasteiger partial charge in [0.25, 0.3) is 5.91 Å². The molecular formula is C23H28FNO6S. The van der Waals surface area contributed by atoms with Crippen LogP contribution in [0.3, 0.4) is 0 Å². The van der Waals surface area contributed by atoms with Crippen LogP contribution < -0.4 is 8.92 Å². The zero-order valence-corrected chi connectivity index (χ0v) is 19.2. The number of carbonyl (C=O) groups is 1. The molecule has 1 heterocycles. The van der Waals surface area contributed by atoms with Crippen LogP contribution in [-0.4, -0.2) is 50.8 Å². The van der Waals surface area contributed by atoms with E-state index in [1.165, 1.54) is 39.2 Å². The molecule has 7 nitrogen and oxygen atoms in total. The number of halogens is 1. The van der Waals surface area contributed by atoms with Crippen molar-refractivity contribution in [2.24, 2.45) is 0 Å². The number of amides is 1. The summed E-state index contributed by atoms with van der Waals surface area (Å²) in [6, 6.07) is 10.4. The second-order valence-corrected chi connectivity index (χ2v) is 10.0. The van der Waals surface area contributed by atoms with Crippen LogP contribution in [0.5, 0.6) is 11.5 Å². The second-order valence-electron chi connectivity index (χ2n) is 7.94. The summed E-state index contributed by atoms with van der Waals surface area (Å²) in [6.45, 7) is 4.18. The molecule has 0 aromatic heterocycles. The van der Waals surface area contributed by atoms with Crippen molar-refractivity contribution >= 4 is 16.0 Å². The fraction of sp³-hybridized carbons (Fsp3) is 0.435. The van der Waals surface area contributed by atoms with E-state index < -0.39 is 21.2 Å². The summed E-state index contributed by atoms with van der Waals surface area (Å²) in [7, 11) is -2.42. The maximum Gasteiger partial charge on any atom is 0.311 e. The van der Waals surface area contributed by atoms with Gasteiger partial charge in [0.1, 0.15) is 5.82 Å². The molecule has 1 aliphatic heterocycles. The van der Waals surface area contributed by atoms with E-state index in [1.807, 2.05) is 0 Å². The predicted octanol–water partition coefficient (Wildman–Crippen LogP) is 3.77. The molecule has 174 valence electrons. The van der Waals surface area contributed by atoms with Gasteiger partial charge in [-0.05, 0) is 62.6 Å². The van der Waals surface area contributed by atoms with Crippen LogP contribution in [0.25, 0.3) is 0 Å². The Hall–Kier alpha value is -2.65. The average molecular weight is 466 g/mol. The minimum absolute atomic E-state index is 0.0500. The van der Waals surface area contributed by atoms with Crippen molar-refractivity contribution in [3.8, 4) is 11.5 Å². The van der Waals surface area contributed by atoms with Gasteiger partial charge in [-0.15, -0.1) is 0 Å². The number of hydrogen-bond donors (Lipinski definition) is 0. The lowest BCUT2D eigenvalue weighted by Crippen LogP contribution is -2.37. The van der Waals surface area contributed by atoms with Gasteiger partial charge >= 0.3 is 10.1 Å². The first kappa shape index (κ1) is 24.0. The molecule has 2 aromatic rings. The van der Waals surface area contributed by atoms with Gasteiger partial charge in [-0.2, -0.15) is 8.42 Å². The molecule has 9 heteroatoms. The highest BCUT2D eigenvalue weighted by Crippen LogP contribution is 2.31. The van der Waals surface area contributed by atoms with Gasteiger partial charge in [0.2, 0.25) is 0 Å². The van der Waals surface area contributed by atoms with Crippen LogP contribution in [0.15, 0.2) is 42.5 Å². The van der Waals surface area contributed by atoms with Crippen molar-refractivity contribution in [1.82, 2.24) is 4.90 Å². The lowest BCUT2D eigenvalue weighted by molar-refractivity contribution is 0.0507. The van der Waals surface area contributed by atoms with Crippen molar-refractivity contribution in [3.63, 3.8) is 0 Å². The van der Waals surface area contributed by atoms with Crippen LogP contribution in [0, 0.1) is 5.82 Å². The Balaban J connectivity index is 1.89. The summed E-state index contributed by atoms with van der Waals surface area (Å²) in [5.41, 5.74) is 0.873. The zero-order chi connectivity index (χ0) is 23.3. The van der Waals surface area contributed by atoms with E-state index >= 15 is 0 Å². The maximum absolute atomic E-state index is 13.7. The van der Waals surface area contributed by atoms with Crippen molar-refractivity contribution in [2.45, 2.75) is 44.6 Å². The number of rotatable bonds is 9. The summed E-state index contributed by atoms with van der Waals surface area (Å²) < 4.78 is 54.4. The first-order chi connectivity index (χ1) is 15.2. The van der Waals surface area contributed by atoms with Gasteiger partial charge in [0, 0.05) is 25.3 Å². The number of ether oxygens (including phenoxy) is 2. The van der Waals surface area contributed by atoms with Crippen molar-refractivity contribution in [3.05, 3.63) is 59.4 Å².